The Morgan fingerprint density at radius 2 is 1.04 bits per heavy atom. The molecule has 0 saturated heterocycles. The molecular formula is C27H33P. The molecule has 1 heteroatoms. The Balaban J connectivity index is 2.23. The van der Waals surface area contributed by atoms with Crippen LogP contribution < -0.4 is 15.9 Å². The first-order chi connectivity index (χ1) is 13.8. The van der Waals surface area contributed by atoms with Gasteiger partial charge >= 0.3 is 0 Å². The lowest BCUT2D eigenvalue weighted by molar-refractivity contribution is 0.829. The molecule has 0 spiro atoms. The lowest BCUT2D eigenvalue weighted by Crippen LogP contribution is -2.25. The third kappa shape index (κ3) is 4.73. The van der Waals surface area contributed by atoms with E-state index in [1.807, 2.05) is 0 Å². The first kappa shape index (κ1) is 20.8. The fourth-order valence-electron chi connectivity index (χ4n) is 4.11. The molecule has 0 saturated carbocycles. The van der Waals surface area contributed by atoms with Gasteiger partial charge in [-0.2, -0.15) is 0 Å². The van der Waals surface area contributed by atoms with E-state index in [0.717, 1.165) is 0 Å². The molecule has 0 fully saturated rings. The fraction of sp³-hybridized carbons (Fsp3) is 0.333. The average Bonchev–Trinajstić information content (AvgIpc) is 2.74. The highest BCUT2D eigenvalue weighted by molar-refractivity contribution is 7.79. The van der Waals surface area contributed by atoms with E-state index in [1.54, 1.807) is 22.0 Å². The van der Waals surface area contributed by atoms with E-state index < -0.39 is 7.92 Å². The Kier molecular flexibility index (Phi) is 7.87. The van der Waals surface area contributed by atoms with Crippen molar-refractivity contribution in [2.75, 3.05) is 0 Å². The molecule has 0 atom stereocenters. The number of rotatable bonds is 9. The number of aryl methyl sites for hydroxylation is 1. The summed E-state index contributed by atoms with van der Waals surface area (Å²) in [5.41, 5.74) is 4.85. The smallest absolute Gasteiger partial charge is 0.0116 e. The fourth-order valence-corrected chi connectivity index (χ4v) is 6.65. The normalized spacial score (nSPS) is 11.1. The lowest BCUT2D eigenvalue weighted by atomic mass is 9.92. The molecule has 3 aromatic carbocycles. The predicted molar refractivity (Wildman–Crippen MR) is 127 cm³/mol. The Hall–Kier alpha value is -1.91. The molecule has 0 nitrogen and oxygen atoms in total. The molecule has 0 unspecified atom stereocenters. The minimum absolute atomic E-state index is 0.527. The molecular weight excluding hydrogens is 355 g/mol. The van der Waals surface area contributed by atoms with Gasteiger partial charge < -0.3 is 0 Å². The van der Waals surface area contributed by atoms with Gasteiger partial charge in [0.1, 0.15) is 0 Å². The summed E-state index contributed by atoms with van der Waals surface area (Å²) in [6, 6.07) is 27.1. The first-order valence-electron chi connectivity index (χ1n) is 10.8. The number of benzene rings is 3. The van der Waals surface area contributed by atoms with Gasteiger partial charge in [0.2, 0.25) is 0 Å². The van der Waals surface area contributed by atoms with Crippen LogP contribution in [0.25, 0.3) is 0 Å². The summed E-state index contributed by atoms with van der Waals surface area (Å²) in [5.74, 6) is 0. The van der Waals surface area contributed by atoms with Gasteiger partial charge in [0, 0.05) is 0 Å². The Labute approximate surface area is 172 Å². The van der Waals surface area contributed by atoms with Crippen LogP contribution in [0.3, 0.4) is 0 Å². The van der Waals surface area contributed by atoms with Gasteiger partial charge in [-0.15, -0.1) is 0 Å². The molecule has 0 aliphatic carbocycles. The van der Waals surface area contributed by atoms with Crippen molar-refractivity contribution >= 4 is 23.8 Å². The monoisotopic (exact) mass is 388 g/mol. The SMILES string of the molecule is CCCc1ccc(P(c2ccccc2)c2ccccc2)c(CCC)c1CCC. The van der Waals surface area contributed by atoms with Crippen molar-refractivity contribution in [3.63, 3.8) is 0 Å². The van der Waals surface area contributed by atoms with E-state index in [0.29, 0.717) is 0 Å². The molecule has 3 aromatic rings. The molecule has 146 valence electrons. The topological polar surface area (TPSA) is 0 Å². The molecule has 0 N–H and O–H groups in total. The predicted octanol–water partition coefficient (Wildman–Crippen LogP) is 6.30. The van der Waals surface area contributed by atoms with E-state index in [9.17, 15) is 0 Å². The van der Waals surface area contributed by atoms with Gasteiger partial charge in [-0.3, -0.25) is 0 Å². The van der Waals surface area contributed by atoms with E-state index in [1.165, 1.54) is 49.1 Å². The van der Waals surface area contributed by atoms with Crippen molar-refractivity contribution in [3.8, 4) is 0 Å². The highest BCUT2D eigenvalue weighted by Gasteiger charge is 2.22. The van der Waals surface area contributed by atoms with Crippen LogP contribution in [-0.4, -0.2) is 0 Å². The summed E-state index contributed by atoms with van der Waals surface area (Å²) >= 11 is 0. The van der Waals surface area contributed by atoms with Gasteiger partial charge in [0.05, 0.1) is 0 Å². The van der Waals surface area contributed by atoms with Gasteiger partial charge in [0.25, 0.3) is 0 Å². The molecule has 0 aliphatic heterocycles. The van der Waals surface area contributed by atoms with Crippen molar-refractivity contribution in [2.45, 2.75) is 59.3 Å². The van der Waals surface area contributed by atoms with E-state index >= 15 is 0 Å². The molecule has 0 bridgehead atoms. The summed E-state index contributed by atoms with van der Waals surface area (Å²) in [5, 5.41) is 4.47. The van der Waals surface area contributed by atoms with Crippen LogP contribution in [-0.2, 0) is 19.3 Å². The highest BCUT2D eigenvalue weighted by Crippen LogP contribution is 2.36. The molecule has 0 aromatic heterocycles. The van der Waals surface area contributed by atoms with Crippen LogP contribution in [0.1, 0.15) is 56.7 Å². The van der Waals surface area contributed by atoms with Crippen LogP contribution >= 0.6 is 7.92 Å². The zero-order chi connectivity index (χ0) is 19.8. The molecule has 0 amide bonds. The number of hydrogen-bond acceptors (Lipinski definition) is 0. The van der Waals surface area contributed by atoms with Crippen LogP contribution in [0.2, 0.25) is 0 Å². The van der Waals surface area contributed by atoms with E-state index in [2.05, 4.69) is 93.6 Å². The van der Waals surface area contributed by atoms with E-state index in [4.69, 9.17) is 0 Å². The quantitative estimate of drug-likeness (QED) is 0.377. The second-order valence-corrected chi connectivity index (χ2v) is 9.64. The summed E-state index contributed by atoms with van der Waals surface area (Å²) < 4.78 is 0. The second kappa shape index (κ2) is 10.6. The highest BCUT2D eigenvalue weighted by atomic mass is 31.1. The molecule has 0 heterocycles. The summed E-state index contributed by atoms with van der Waals surface area (Å²) in [6.07, 6.45) is 7.21. The number of hydrogen-bond donors (Lipinski definition) is 0. The maximum atomic E-state index is 2.46. The van der Waals surface area contributed by atoms with Gasteiger partial charge in [-0.25, -0.2) is 0 Å². The molecule has 28 heavy (non-hydrogen) atoms. The van der Waals surface area contributed by atoms with Crippen molar-refractivity contribution < 1.29 is 0 Å². The maximum absolute atomic E-state index is 2.46. The van der Waals surface area contributed by atoms with Crippen molar-refractivity contribution in [3.05, 3.63) is 89.5 Å². The third-order valence-electron chi connectivity index (χ3n) is 5.29. The first-order valence-corrected chi connectivity index (χ1v) is 12.2. The van der Waals surface area contributed by atoms with Crippen molar-refractivity contribution in [2.24, 2.45) is 0 Å². The van der Waals surface area contributed by atoms with Crippen molar-refractivity contribution in [1.29, 1.82) is 0 Å². The maximum Gasteiger partial charge on any atom is -0.0116 e. The Bertz CT molecular complexity index is 813. The molecule has 0 radical (unpaired) electrons. The summed E-state index contributed by atoms with van der Waals surface area (Å²) in [6.45, 7) is 6.93. The summed E-state index contributed by atoms with van der Waals surface area (Å²) in [7, 11) is -0.527. The van der Waals surface area contributed by atoms with Crippen LogP contribution in [0.5, 0.6) is 0 Å². The lowest BCUT2D eigenvalue weighted by Gasteiger charge is -2.26. The minimum Gasteiger partial charge on any atom is -0.0651 e. The van der Waals surface area contributed by atoms with Crippen LogP contribution in [0.4, 0.5) is 0 Å². The van der Waals surface area contributed by atoms with Gasteiger partial charge in [0.15, 0.2) is 0 Å². The zero-order valence-corrected chi connectivity index (χ0v) is 18.5. The zero-order valence-electron chi connectivity index (χ0n) is 17.6. The molecule has 0 aliphatic rings. The third-order valence-corrected chi connectivity index (χ3v) is 7.82. The molecule has 3 rings (SSSR count). The van der Waals surface area contributed by atoms with Gasteiger partial charge in [-0.05, 0) is 59.8 Å². The summed E-state index contributed by atoms with van der Waals surface area (Å²) in [4.78, 5) is 0. The average molecular weight is 389 g/mol. The minimum atomic E-state index is -0.527. The van der Waals surface area contributed by atoms with Crippen LogP contribution in [0, 0.1) is 0 Å². The second-order valence-electron chi connectivity index (χ2n) is 7.46. The Morgan fingerprint density at radius 1 is 0.536 bits per heavy atom. The standard InChI is InChI=1S/C27H33P/c1-4-13-22-20-21-27(26(15-6-3)25(22)14-5-2)28(23-16-9-7-10-17-23)24-18-11-8-12-19-24/h7-12,16-21H,4-6,13-15H2,1-3H3. The largest absolute Gasteiger partial charge is 0.0651 e. The van der Waals surface area contributed by atoms with E-state index in [-0.39, 0.29) is 0 Å². The Morgan fingerprint density at radius 3 is 1.54 bits per heavy atom. The van der Waals surface area contributed by atoms with Crippen molar-refractivity contribution in [1.82, 2.24) is 0 Å². The van der Waals surface area contributed by atoms with Gasteiger partial charge in [-0.1, -0.05) is 113 Å². The van der Waals surface area contributed by atoms with Crippen LogP contribution in [0.15, 0.2) is 72.8 Å².